The van der Waals surface area contributed by atoms with E-state index in [-0.39, 0.29) is 11.9 Å². The lowest BCUT2D eigenvalue weighted by Crippen LogP contribution is -2.38. The molecule has 23 heavy (non-hydrogen) atoms. The van der Waals surface area contributed by atoms with E-state index in [0.29, 0.717) is 19.4 Å². The molecule has 3 rings (SSSR count). The van der Waals surface area contributed by atoms with Crippen LogP contribution in [0.3, 0.4) is 0 Å². The topological polar surface area (TPSA) is 73.4 Å². The fourth-order valence-corrected chi connectivity index (χ4v) is 2.87. The number of aromatic nitrogens is 1. The van der Waals surface area contributed by atoms with Gasteiger partial charge in [0.15, 0.2) is 0 Å². The van der Waals surface area contributed by atoms with Gasteiger partial charge in [-0.2, -0.15) is 0 Å². The number of carbonyl (C=O) groups is 2. The molecule has 1 unspecified atom stereocenters. The Hall–Kier alpha value is -2.30. The molecule has 1 atom stereocenters. The molecule has 1 aliphatic carbocycles. The first-order valence-electron chi connectivity index (χ1n) is 8.13. The molecule has 0 spiro atoms. The summed E-state index contributed by atoms with van der Waals surface area (Å²) in [6.07, 6.45) is 5.01. The summed E-state index contributed by atoms with van der Waals surface area (Å²) >= 11 is 0. The Kier molecular flexibility index (Phi) is 4.37. The predicted octanol–water partition coefficient (Wildman–Crippen LogP) is 2.81. The number of carboxylic acids is 1. The minimum absolute atomic E-state index is 0.0646. The van der Waals surface area contributed by atoms with E-state index in [1.807, 2.05) is 24.4 Å². The number of aromatic amines is 1. The molecule has 1 aromatic carbocycles. The number of nitrogens with zero attached hydrogens (tertiary/aromatic N) is 1. The Bertz CT molecular complexity index is 718. The summed E-state index contributed by atoms with van der Waals surface area (Å²) in [5.41, 5.74) is 2.22. The van der Waals surface area contributed by atoms with Crippen molar-refractivity contribution in [3.8, 4) is 0 Å². The lowest BCUT2D eigenvalue weighted by Gasteiger charge is -2.24. The van der Waals surface area contributed by atoms with Crippen molar-refractivity contribution in [3.05, 3.63) is 36.0 Å². The van der Waals surface area contributed by atoms with Gasteiger partial charge in [-0.3, -0.25) is 9.59 Å². The molecule has 1 aliphatic rings. The minimum Gasteiger partial charge on any atom is -0.481 e. The first kappa shape index (κ1) is 15.6. The van der Waals surface area contributed by atoms with E-state index in [0.717, 1.165) is 29.3 Å². The quantitative estimate of drug-likeness (QED) is 0.825. The number of carboxylic acid groups (broad SMARTS) is 1. The Morgan fingerprint density at radius 2 is 2.13 bits per heavy atom. The van der Waals surface area contributed by atoms with Crippen molar-refractivity contribution < 1.29 is 14.7 Å². The summed E-state index contributed by atoms with van der Waals surface area (Å²) in [6, 6.07) is 8.43. The van der Waals surface area contributed by atoms with Crippen molar-refractivity contribution in [1.29, 1.82) is 0 Å². The van der Waals surface area contributed by atoms with E-state index in [9.17, 15) is 9.59 Å². The van der Waals surface area contributed by atoms with Crippen LogP contribution in [0.15, 0.2) is 30.5 Å². The number of aryl methyl sites for hydroxylation is 1. The fourth-order valence-electron chi connectivity index (χ4n) is 2.87. The molecule has 5 heteroatoms. The van der Waals surface area contributed by atoms with Gasteiger partial charge in [-0.25, -0.2) is 0 Å². The van der Waals surface area contributed by atoms with Gasteiger partial charge in [0.1, 0.15) is 0 Å². The zero-order valence-electron chi connectivity index (χ0n) is 13.3. The second-order valence-corrected chi connectivity index (χ2v) is 6.42. The molecule has 1 aromatic heterocycles. The van der Waals surface area contributed by atoms with Crippen LogP contribution in [0.25, 0.3) is 10.9 Å². The Morgan fingerprint density at radius 1 is 1.35 bits per heavy atom. The molecule has 5 nitrogen and oxygen atoms in total. The van der Waals surface area contributed by atoms with Crippen molar-refractivity contribution in [1.82, 2.24) is 9.88 Å². The first-order valence-corrected chi connectivity index (χ1v) is 8.13. The number of H-pyrrole nitrogens is 1. The molecule has 0 radical (unpaired) electrons. The van der Waals surface area contributed by atoms with Crippen LogP contribution in [0.4, 0.5) is 0 Å². The van der Waals surface area contributed by atoms with Crippen molar-refractivity contribution in [2.75, 3.05) is 6.54 Å². The van der Waals surface area contributed by atoms with Crippen molar-refractivity contribution in [2.45, 2.75) is 38.6 Å². The van der Waals surface area contributed by atoms with Crippen LogP contribution >= 0.6 is 0 Å². The van der Waals surface area contributed by atoms with Crippen LogP contribution in [0.5, 0.6) is 0 Å². The average Bonchev–Trinajstić information content (AvgIpc) is 3.26. The van der Waals surface area contributed by atoms with E-state index in [2.05, 4.69) is 11.1 Å². The van der Waals surface area contributed by atoms with Crippen LogP contribution in [-0.2, 0) is 16.0 Å². The third-order valence-corrected chi connectivity index (χ3v) is 4.45. The van der Waals surface area contributed by atoms with Crippen LogP contribution in [0, 0.1) is 5.92 Å². The summed E-state index contributed by atoms with van der Waals surface area (Å²) in [7, 11) is 0. The molecule has 1 amide bonds. The summed E-state index contributed by atoms with van der Waals surface area (Å²) in [5, 5.41) is 10.2. The van der Waals surface area contributed by atoms with Gasteiger partial charge >= 0.3 is 5.97 Å². The van der Waals surface area contributed by atoms with E-state index in [4.69, 9.17) is 5.11 Å². The zero-order valence-corrected chi connectivity index (χ0v) is 13.3. The Labute approximate surface area is 135 Å². The van der Waals surface area contributed by atoms with Crippen molar-refractivity contribution >= 4 is 22.8 Å². The Balaban J connectivity index is 1.61. The van der Waals surface area contributed by atoms with Crippen LogP contribution in [0.2, 0.25) is 0 Å². The molecule has 1 heterocycles. The highest BCUT2D eigenvalue weighted by Crippen LogP contribution is 2.28. The number of benzene rings is 1. The third-order valence-electron chi connectivity index (χ3n) is 4.45. The molecule has 2 N–H and O–H groups in total. The second kappa shape index (κ2) is 6.44. The van der Waals surface area contributed by atoms with E-state index in [1.165, 1.54) is 0 Å². The molecule has 0 saturated heterocycles. The number of amides is 1. The molecular formula is C18H22N2O3. The van der Waals surface area contributed by atoms with Crippen LogP contribution in [-0.4, -0.2) is 39.5 Å². The maximum Gasteiger partial charge on any atom is 0.308 e. The normalized spacial score (nSPS) is 15.5. The van der Waals surface area contributed by atoms with Gasteiger partial charge in [0.25, 0.3) is 0 Å². The van der Waals surface area contributed by atoms with Crippen LogP contribution in [0.1, 0.15) is 31.7 Å². The number of hydrogen-bond donors (Lipinski definition) is 2. The van der Waals surface area contributed by atoms with Crippen LogP contribution < -0.4 is 0 Å². The fraction of sp³-hybridized carbons (Fsp3) is 0.444. The molecule has 1 fully saturated rings. The predicted molar refractivity (Wildman–Crippen MR) is 88.2 cm³/mol. The lowest BCUT2D eigenvalue weighted by molar-refractivity contribution is -0.143. The maximum atomic E-state index is 12.5. The lowest BCUT2D eigenvalue weighted by atomic mass is 10.1. The van der Waals surface area contributed by atoms with Gasteiger partial charge in [-0.15, -0.1) is 0 Å². The standard InChI is InChI=1S/C18H22N2O3/c1-12(18(22)23)11-20(15-4-5-15)17(21)7-3-13-2-6-16-14(10-13)8-9-19-16/h2,6,8-10,12,15,19H,3-5,7,11H2,1H3,(H,22,23). The highest BCUT2D eigenvalue weighted by atomic mass is 16.4. The summed E-state index contributed by atoms with van der Waals surface area (Å²) in [4.78, 5) is 28.5. The highest BCUT2D eigenvalue weighted by Gasteiger charge is 2.34. The van der Waals surface area contributed by atoms with Gasteiger partial charge < -0.3 is 15.0 Å². The average molecular weight is 314 g/mol. The largest absolute Gasteiger partial charge is 0.481 e. The maximum absolute atomic E-state index is 12.5. The van der Waals surface area contributed by atoms with Gasteiger partial charge in [-0.05, 0) is 48.4 Å². The Morgan fingerprint density at radius 3 is 2.83 bits per heavy atom. The summed E-state index contributed by atoms with van der Waals surface area (Å²) in [6.45, 7) is 1.97. The van der Waals surface area contributed by atoms with Gasteiger partial charge in [0.05, 0.1) is 5.92 Å². The zero-order chi connectivity index (χ0) is 16.4. The van der Waals surface area contributed by atoms with Gasteiger partial charge in [0.2, 0.25) is 5.91 Å². The van der Waals surface area contributed by atoms with Crippen molar-refractivity contribution in [3.63, 3.8) is 0 Å². The molecule has 0 aliphatic heterocycles. The number of carbonyl (C=O) groups excluding carboxylic acids is 1. The molecular weight excluding hydrogens is 292 g/mol. The number of nitrogens with one attached hydrogen (secondary N) is 1. The van der Waals surface area contributed by atoms with Gasteiger partial charge in [-0.1, -0.05) is 13.0 Å². The molecule has 2 aromatic rings. The SMILES string of the molecule is CC(CN(C(=O)CCc1ccc2[nH]ccc2c1)C1CC1)C(=O)O. The number of rotatable bonds is 7. The molecule has 1 saturated carbocycles. The summed E-state index contributed by atoms with van der Waals surface area (Å²) < 4.78 is 0. The van der Waals surface area contributed by atoms with Crippen molar-refractivity contribution in [2.24, 2.45) is 5.92 Å². The third kappa shape index (κ3) is 3.73. The van der Waals surface area contributed by atoms with E-state index in [1.54, 1.807) is 11.8 Å². The van der Waals surface area contributed by atoms with E-state index >= 15 is 0 Å². The van der Waals surface area contributed by atoms with E-state index < -0.39 is 11.9 Å². The number of fused-ring (bicyclic) bond motifs is 1. The first-order chi connectivity index (χ1) is 11.0. The second-order valence-electron chi connectivity index (χ2n) is 6.42. The molecule has 122 valence electrons. The van der Waals surface area contributed by atoms with Gasteiger partial charge in [0, 0.05) is 30.7 Å². The monoisotopic (exact) mass is 314 g/mol. The number of aliphatic carboxylic acids is 1. The smallest absolute Gasteiger partial charge is 0.308 e. The molecule has 0 bridgehead atoms. The highest BCUT2D eigenvalue weighted by molar-refractivity contribution is 5.81. The summed E-state index contributed by atoms with van der Waals surface area (Å²) in [5.74, 6) is -1.30. The number of hydrogen-bond acceptors (Lipinski definition) is 2. The minimum atomic E-state index is -0.846.